The lowest BCUT2D eigenvalue weighted by molar-refractivity contribution is -0.161. The highest BCUT2D eigenvalue weighted by atomic mass is 31.2. The van der Waals surface area contributed by atoms with Crippen LogP contribution in [0.4, 0.5) is 0 Å². The summed E-state index contributed by atoms with van der Waals surface area (Å²) in [4.78, 5) is 72.8. The number of hydrogen-bond acceptors (Lipinski definition) is 15. The molecule has 3 N–H and O–H groups in total. The molecule has 564 valence electrons. The minimum atomic E-state index is -4.96. The van der Waals surface area contributed by atoms with E-state index < -0.39 is 97.5 Å². The molecular weight excluding hydrogens is 1250 g/mol. The molecular formula is C76H148O17P2. The summed E-state index contributed by atoms with van der Waals surface area (Å²) < 4.78 is 68.5. The van der Waals surface area contributed by atoms with Crippen molar-refractivity contribution in [3.8, 4) is 0 Å². The lowest BCUT2D eigenvalue weighted by Crippen LogP contribution is -2.30. The highest BCUT2D eigenvalue weighted by molar-refractivity contribution is 7.47. The third-order valence-electron chi connectivity index (χ3n) is 18.1. The number of carbonyl (C=O) groups is 4. The van der Waals surface area contributed by atoms with Crippen molar-refractivity contribution in [3.63, 3.8) is 0 Å². The number of ether oxygens (including phenoxy) is 4. The first-order valence-corrected chi connectivity index (χ1v) is 42.5. The molecule has 0 heterocycles. The van der Waals surface area contributed by atoms with E-state index in [1.165, 1.54) is 205 Å². The van der Waals surface area contributed by atoms with Crippen LogP contribution in [-0.2, 0) is 65.4 Å². The quantitative estimate of drug-likeness (QED) is 0.0222. The zero-order valence-corrected chi connectivity index (χ0v) is 63.8. The van der Waals surface area contributed by atoms with Crippen LogP contribution in [0.25, 0.3) is 0 Å². The summed E-state index contributed by atoms with van der Waals surface area (Å²) in [6.07, 6.45) is 55.4. The number of unbranched alkanes of at least 4 members (excludes halogenated alkanes) is 44. The Kier molecular flexibility index (Phi) is 66.5. The molecule has 0 rings (SSSR count). The molecule has 0 saturated carbocycles. The Morgan fingerprint density at radius 2 is 0.537 bits per heavy atom. The summed E-state index contributed by atoms with van der Waals surface area (Å²) >= 11 is 0. The van der Waals surface area contributed by atoms with Crippen LogP contribution in [0.2, 0.25) is 0 Å². The monoisotopic (exact) mass is 1400 g/mol. The van der Waals surface area contributed by atoms with Gasteiger partial charge in [-0.25, -0.2) is 9.13 Å². The van der Waals surface area contributed by atoms with Gasteiger partial charge < -0.3 is 33.8 Å². The maximum atomic E-state index is 13.1. The van der Waals surface area contributed by atoms with Gasteiger partial charge in [-0.2, -0.15) is 0 Å². The lowest BCUT2D eigenvalue weighted by Gasteiger charge is -2.21. The number of aliphatic hydroxyl groups is 1. The Morgan fingerprint density at radius 1 is 0.305 bits per heavy atom. The van der Waals surface area contributed by atoms with Crippen molar-refractivity contribution in [1.29, 1.82) is 0 Å². The van der Waals surface area contributed by atoms with E-state index in [4.69, 9.17) is 37.0 Å². The molecule has 0 aliphatic carbocycles. The largest absolute Gasteiger partial charge is 0.472 e. The Labute approximate surface area is 581 Å². The standard InChI is InChI=1S/C76H148O17P2/c1-7-10-12-14-16-18-20-22-24-26-28-30-35-41-48-54-60-75(80)92-71(64-86-73(78)58-52-46-40-34-29-27-25-23-21-19-17-15-13-11-8-2)66-90-94(82,83)88-62-70(77)63-89-95(84,85)91-67-72(65-87-74(79)59-53-47-43-37-38-44-50-56-68(4)5)93-76(81)61-55-49-42-36-32-31-33-39-45-51-57-69(6)9-3/h68-72,77H,7-67H2,1-6H3,(H,82,83)(H,84,85)/t69?,70-,71-,72-/m1/s1. The van der Waals surface area contributed by atoms with Crippen LogP contribution in [0.1, 0.15) is 395 Å². The maximum Gasteiger partial charge on any atom is 0.472 e. The van der Waals surface area contributed by atoms with E-state index >= 15 is 0 Å². The summed E-state index contributed by atoms with van der Waals surface area (Å²) in [6.45, 7) is 9.57. The van der Waals surface area contributed by atoms with E-state index in [9.17, 15) is 43.2 Å². The number of hydrogen-bond donors (Lipinski definition) is 3. The SMILES string of the molecule is CCCCCCCCCCCCCCCCCCC(=O)O[C@H](COC(=O)CCCCCCCCCCCCCCCCC)COP(=O)(O)OC[C@@H](O)COP(=O)(O)OC[C@@H](COC(=O)CCCCCCCCCC(C)C)OC(=O)CCCCCCCCCCCCC(C)CC. The average molecular weight is 1400 g/mol. The first-order chi connectivity index (χ1) is 45.9. The number of phosphoric acid groups is 2. The van der Waals surface area contributed by atoms with Gasteiger partial charge in [0.05, 0.1) is 26.4 Å². The number of carbonyl (C=O) groups excluding carboxylic acids is 4. The number of phosphoric ester groups is 2. The van der Waals surface area contributed by atoms with Crippen LogP contribution >= 0.6 is 15.6 Å². The summed E-state index contributed by atoms with van der Waals surface area (Å²) in [7, 11) is -9.91. The number of aliphatic hydroxyl groups excluding tert-OH is 1. The van der Waals surface area contributed by atoms with Crippen molar-refractivity contribution in [2.45, 2.75) is 413 Å². The molecule has 0 radical (unpaired) electrons. The van der Waals surface area contributed by atoms with Gasteiger partial charge in [0.25, 0.3) is 0 Å². The summed E-state index contributed by atoms with van der Waals surface area (Å²) in [5.74, 6) is -0.607. The molecule has 0 spiro atoms. The fourth-order valence-electron chi connectivity index (χ4n) is 11.6. The Bertz CT molecular complexity index is 1840. The molecule has 0 aromatic rings. The lowest BCUT2D eigenvalue weighted by atomic mass is 9.99. The molecule has 0 aromatic heterocycles. The Hall–Kier alpha value is -1.94. The van der Waals surface area contributed by atoms with Gasteiger partial charge in [-0.3, -0.25) is 37.3 Å². The molecule has 0 fully saturated rings. The van der Waals surface area contributed by atoms with Crippen molar-refractivity contribution in [2.75, 3.05) is 39.6 Å². The third-order valence-corrected chi connectivity index (χ3v) is 20.0. The molecule has 0 aromatic carbocycles. The van der Waals surface area contributed by atoms with Gasteiger partial charge in [-0.15, -0.1) is 0 Å². The molecule has 3 unspecified atom stereocenters. The van der Waals surface area contributed by atoms with E-state index in [1.54, 1.807) is 0 Å². The third kappa shape index (κ3) is 69.0. The molecule has 0 aliphatic rings. The van der Waals surface area contributed by atoms with Crippen molar-refractivity contribution in [1.82, 2.24) is 0 Å². The number of esters is 4. The van der Waals surface area contributed by atoms with Crippen molar-refractivity contribution >= 4 is 39.5 Å². The van der Waals surface area contributed by atoms with Crippen LogP contribution in [-0.4, -0.2) is 96.7 Å². The zero-order valence-electron chi connectivity index (χ0n) is 62.0. The molecule has 0 bridgehead atoms. The Morgan fingerprint density at radius 3 is 0.800 bits per heavy atom. The van der Waals surface area contributed by atoms with E-state index in [2.05, 4.69) is 41.5 Å². The predicted molar refractivity (Wildman–Crippen MR) is 386 cm³/mol. The second kappa shape index (κ2) is 67.9. The van der Waals surface area contributed by atoms with Crippen LogP contribution < -0.4 is 0 Å². The van der Waals surface area contributed by atoms with Gasteiger partial charge in [0.2, 0.25) is 0 Å². The zero-order chi connectivity index (χ0) is 70.0. The van der Waals surface area contributed by atoms with Crippen LogP contribution in [0, 0.1) is 11.8 Å². The van der Waals surface area contributed by atoms with Gasteiger partial charge in [-0.1, -0.05) is 343 Å². The van der Waals surface area contributed by atoms with E-state index in [1.807, 2.05) is 0 Å². The van der Waals surface area contributed by atoms with Crippen LogP contribution in [0.15, 0.2) is 0 Å². The van der Waals surface area contributed by atoms with E-state index in [-0.39, 0.29) is 25.7 Å². The fourth-order valence-corrected chi connectivity index (χ4v) is 13.2. The van der Waals surface area contributed by atoms with Gasteiger partial charge >= 0.3 is 39.5 Å². The van der Waals surface area contributed by atoms with E-state index in [0.29, 0.717) is 31.6 Å². The van der Waals surface area contributed by atoms with Gasteiger partial charge in [-0.05, 0) is 37.5 Å². The molecule has 0 saturated heterocycles. The van der Waals surface area contributed by atoms with Crippen molar-refractivity contribution < 1.29 is 80.2 Å². The predicted octanol–water partition coefficient (Wildman–Crippen LogP) is 22.3. The summed E-state index contributed by atoms with van der Waals surface area (Å²) in [5.41, 5.74) is 0. The van der Waals surface area contributed by atoms with Crippen molar-refractivity contribution in [2.24, 2.45) is 11.8 Å². The minimum absolute atomic E-state index is 0.106. The van der Waals surface area contributed by atoms with Gasteiger partial charge in [0.15, 0.2) is 12.2 Å². The fraction of sp³-hybridized carbons (Fsp3) is 0.947. The van der Waals surface area contributed by atoms with E-state index in [0.717, 1.165) is 102 Å². The second-order valence-corrected chi connectivity index (χ2v) is 31.0. The molecule has 0 aliphatic heterocycles. The molecule has 6 atom stereocenters. The Balaban J connectivity index is 5.26. The highest BCUT2D eigenvalue weighted by Crippen LogP contribution is 2.45. The minimum Gasteiger partial charge on any atom is -0.462 e. The molecule has 17 nitrogen and oxygen atoms in total. The smallest absolute Gasteiger partial charge is 0.462 e. The molecule has 0 amide bonds. The maximum absolute atomic E-state index is 13.1. The number of rotatable bonds is 75. The van der Waals surface area contributed by atoms with Gasteiger partial charge in [0, 0.05) is 25.7 Å². The van der Waals surface area contributed by atoms with Crippen LogP contribution in [0.5, 0.6) is 0 Å². The average Bonchev–Trinajstić information content (AvgIpc) is 1.62. The second-order valence-electron chi connectivity index (χ2n) is 28.1. The summed E-state index contributed by atoms with van der Waals surface area (Å²) in [6, 6.07) is 0. The topological polar surface area (TPSA) is 237 Å². The summed E-state index contributed by atoms with van der Waals surface area (Å²) in [5, 5.41) is 10.6. The molecule has 19 heteroatoms. The first-order valence-electron chi connectivity index (χ1n) is 39.5. The van der Waals surface area contributed by atoms with Gasteiger partial charge in [0.1, 0.15) is 19.3 Å². The van der Waals surface area contributed by atoms with Crippen molar-refractivity contribution in [3.05, 3.63) is 0 Å². The normalized spacial score (nSPS) is 14.3. The van der Waals surface area contributed by atoms with Crippen LogP contribution in [0.3, 0.4) is 0 Å². The highest BCUT2D eigenvalue weighted by Gasteiger charge is 2.30. The first kappa shape index (κ1) is 93.1. The molecule has 95 heavy (non-hydrogen) atoms.